The molecule has 3 heterocycles. The molecule has 12 heteroatoms. The molecule has 4 N–H and O–H groups in total. The number of benzene rings is 1. The topological polar surface area (TPSA) is 163 Å². The molecule has 3 aromatic rings. The van der Waals surface area contributed by atoms with Gasteiger partial charge in [0.05, 0.1) is 0 Å². The summed E-state index contributed by atoms with van der Waals surface area (Å²) in [6.45, 7) is 0.480. The number of nitrogens with two attached hydrogens (primary N) is 1. The number of imidazole rings is 1. The quantitative estimate of drug-likeness (QED) is 0.273. The van der Waals surface area contributed by atoms with Crippen LogP contribution < -0.4 is 10.2 Å². The summed E-state index contributed by atoms with van der Waals surface area (Å²) in [5.74, 6) is -0.600. The maximum absolute atomic E-state index is 13.3. The number of aliphatic hydroxyl groups excluding tert-OH is 1. The number of aliphatic hydroxyl groups is 2. The van der Waals surface area contributed by atoms with Crippen molar-refractivity contribution < 1.29 is 29.3 Å². The Morgan fingerprint density at radius 2 is 2.03 bits per heavy atom. The Bertz CT molecular complexity index is 1130. The molecule has 0 amide bonds. The summed E-state index contributed by atoms with van der Waals surface area (Å²) >= 11 is -0.830. The minimum absolute atomic E-state index is 0.128. The molecule has 1 fully saturated rings. The van der Waals surface area contributed by atoms with Crippen molar-refractivity contribution in [3.8, 4) is 0 Å². The number of rotatable bonds is 6. The molecule has 4 rings (SSSR count). The number of nitrogen functional groups attached to an aromatic ring is 1. The number of hydrogen-bond donors (Lipinski definition) is 3. The van der Waals surface area contributed by atoms with Gasteiger partial charge in [0.25, 0.3) is 0 Å². The summed E-state index contributed by atoms with van der Waals surface area (Å²) in [5.41, 5.74) is 4.09. The number of nitrogens with zero attached hydrogens (tertiary/aromatic N) is 4. The molecule has 31 heavy (non-hydrogen) atoms. The molecule has 11 nitrogen and oxygen atoms in total. The van der Waals surface area contributed by atoms with E-state index in [4.69, 9.17) is 15.2 Å². The summed E-state index contributed by atoms with van der Waals surface area (Å²) < 4.78 is 12.7. The van der Waals surface area contributed by atoms with Crippen LogP contribution in [-0.4, -0.2) is 79.8 Å². The summed E-state index contributed by atoms with van der Waals surface area (Å²) in [7, 11) is 0. The Balaban J connectivity index is 1.77. The number of esters is 1. The Hall–Kier alpha value is -2.89. The fourth-order valence-corrected chi connectivity index (χ4v) is 5.37. The van der Waals surface area contributed by atoms with E-state index in [9.17, 15) is 19.8 Å². The molecule has 2 aromatic heterocycles. The molecular formula is C19H19N5O6Se. The van der Waals surface area contributed by atoms with Crippen LogP contribution in [0.4, 0.5) is 5.82 Å². The van der Waals surface area contributed by atoms with E-state index < -0.39 is 56.3 Å². The first-order chi connectivity index (χ1) is 14.9. The first-order valence-corrected chi connectivity index (χ1v) is 10.9. The van der Waals surface area contributed by atoms with Gasteiger partial charge in [-0.3, -0.25) is 0 Å². The summed E-state index contributed by atoms with van der Waals surface area (Å²) in [4.78, 5) is 37.3. The van der Waals surface area contributed by atoms with Crippen molar-refractivity contribution in [1.82, 2.24) is 19.5 Å². The molecule has 0 aliphatic carbocycles. The second kappa shape index (κ2) is 8.33. The van der Waals surface area contributed by atoms with Crippen molar-refractivity contribution >= 4 is 47.1 Å². The number of carbonyl (C=O) groups excluding carboxylic acids is 2. The van der Waals surface area contributed by atoms with Crippen molar-refractivity contribution in [2.75, 3.05) is 12.3 Å². The molecular weight excluding hydrogens is 473 g/mol. The van der Waals surface area contributed by atoms with Crippen molar-refractivity contribution in [3.63, 3.8) is 0 Å². The Morgan fingerprint density at radius 1 is 1.29 bits per heavy atom. The SMILES string of the molecule is CC(=O)O[C@H]1[C@H](n2cnc3c(N)ncnc32)O[C@H](CO)[C@@]1(O)C(=O)[Se]c1ccccc1. The van der Waals surface area contributed by atoms with E-state index >= 15 is 0 Å². The van der Waals surface area contributed by atoms with Crippen molar-refractivity contribution in [1.29, 1.82) is 0 Å². The fraction of sp³-hybridized carbons (Fsp3) is 0.316. The van der Waals surface area contributed by atoms with Gasteiger partial charge in [-0.1, -0.05) is 0 Å². The molecule has 162 valence electrons. The zero-order valence-electron chi connectivity index (χ0n) is 16.3. The van der Waals surface area contributed by atoms with Gasteiger partial charge in [0.2, 0.25) is 0 Å². The van der Waals surface area contributed by atoms with Gasteiger partial charge in [0.15, 0.2) is 0 Å². The summed E-state index contributed by atoms with van der Waals surface area (Å²) in [6.07, 6.45) is -1.40. The molecule has 0 radical (unpaired) electrons. The second-order valence-corrected chi connectivity index (χ2v) is 9.03. The van der Waals surface area contributed by atoms with E-state index in [1.165, 1.54) is 17.2 Å². The molecule has 0 saturated carbocycles. The monoisotopic (exact) mass is 493 g/mol. The van der Waals surface area contributed by atoms with Crippen LogP contribution in [0.2, 0.25) is 0 Å². The zero-order chi connectivity index (χ0) is 22.2. The standard InChI is InChI=1S/C19H19N5O6Se/c1-10(26)29-14-17(24-9-23-13-15(20)21-8-22-16(13)24)30-12(7-25)19(14,28)18(27)31-11-5-3-2-4-6-11/h2-6,8-9,12,14,17,25,28H,7H2,1H3,(H2,20,21,22)/t12-,14+,17-,19+/m1/s1. The van der Waals surface area contributed by atoms with E-state index in [-0.39, 0.29) is 17.0 Å². The molecule has 1 saturated heterocycles. The molecule has 1 aliphatic heterocycles. The summed E-state index contributed by atoms with van der Waals surface area (Å²) in [5, 5.41) is 21.4. The predicted molar refractivity (Wildman–Crippen MR) is 108 cm³/mol. The number of hydrogen-bond acceptors (Lipinski definition) is 10. The average molecular weight is 492 g/mol. The zero-order valence-corrected chi connectivity index (χ0v) is 18.0. The number of aromatic nitrogens is 4. The second-order valence-electron chi connectivity index (χ2n) is 6.84. The Labute approximate surface area is 182 Å². The minimum atomic E-state index is -2.28. The molecule has 0 unspecified atom stereocenters. The number of carbonyl (C=O) groups is 2. The van der Waals surface area contributed by atoms with Crippen LogP contribution >= 0.6 is 0 Å². The maximum atomic E-state index is 13.3. The van der Waals surface area contributed by atoms with Gasteiger partial charge in [-0.15, -0.1) is 0 Å². The first kappa shape index (κ1) is 21.3. The van der Waals surface area contributed by atoms with Crippen molar-refractivity contribution in [2.24, 2.45) is 0 Å². The third-order valence-electron chi connectivity index (χ3n) is 4.89. The van der Waals surface area contributed by atoms with Crippen molar-refractivity contribution in [2.45, 2.75) is 31.0 Å². The first-order valence-electron chi connectivity index (χ1n) is 9.22. The Kier molecular flexibility index (Phi) is 5.73. The van der Waals surface area contributed by atoms with Gasteiger partial charge >= 0.3 is 182 Å². The van der Waals surface area contributed by atoms with Crippen LogP contribution in [0.1, 0.15) is 13.2 Å². The van der Waals surface area contributed by atoms with Gasteiger partial charge in [-0.2, -0.15) is 0 Å². The van der Waals surface area contributed by atoms with E-state index in [0.29, 0.717) is 4.46 Å². The van der Waals surface area contributed by atoms with Gasteiger partial charge in [-0.25, -0.2) is 0 Å². The van der Waals surface area contributed by atoms with E-state index in [1.54, 1.807) is 24.3 Å². The normalized spacial score (nSPS) is 25.6. The van der Waals surface area contributed by atoms with Gasteiger partial charge in [0, 0.05) is 0 Å². The van der Waals surface area contributed by atoms with Crippen LogP contribution in [0.15, 0.2) is 43.0 Å². The van der Waals surface area contributed by atoms with Gasteiger partial charge in [-0.05, 0) is 0 Å². The average Bonchev–Trinajstić information content (AvgIpc) is 3.29. The van der Waals surface area contributed by atoms with Crippen molar-refractivity contribution in [3.05, 3.63) is 43.0 Å². The van der Waals surface area contributed by atoms with Crippen LogP contribution in [0.25, 0.3) is 11.2 Å². The molecule has 0 spiro atoms. The van der Waals surface area contributed by atoms with Crippen LogP contribution in [0, 0.1) is 0 Å². The number of ether oxygens (including phenoxy) is 2. The van der Waals surface area contributed by atoms with Crippen LogP contribution in [-0.2, 0) is 19.1 Å². The molecule has 0 bridgehead atoms. The van der Waals surface area contributed by atoms with Crippen LogP contribution in [0.5, 0.6) is 0 Å². The van der Waals surface area contributed by atoms with E-state index in [1.807, 2.05) is 6.07 Å². The third-order valence-corrected chi connectivity index (χ3v) is 7.03. The molecule has 4 atom stereocenters. The molecule has 1 aliphatic rings. The molecule has 1 aromatic carbocycles. The van der Waals surface area contributed by atoms with E-state index in [2.05, 4.69) is 15.0 Å². The number of fused-ring (bicyclic) bond motifs is 1. The third kappa shape index (κ3) is 3.68. The predicted octanol–water partition coefficient (Wildman–Crippen LogP) is -1.48. The summed E-state index contributed by atoms with van der Waals surface area (Å²) in [6, 6.07) is 8.87. The van der Waals surface area contributed by atoms with E-state index in [0.717, 1.165) is 6.92 Å². The van der Waals surface area contributed by atoms with Gasteiger partial charge in [0.1, 0.15) is 0 Å². The fourth-order valence-electron chi connectivity index (χ4n) is 3.45. The number of anilines is 1. The van der Waals surface area contributed by atoms with Crippen LogP contribution in [0.3, 0.4) is 0 Å². The van der Waals surface area contributed by atoms with Gasteiger partial charge < -0.3 is 0 Å². The Morgan fingerprint density at radius 3 is 2.71 bits per heavy atom.